The number of halogens is 2. The summed E-state index contributed by atoms with van der Waals surface area (Å²) in [6, 6.07) is 13.7. The summed E-state index contributed by atoms with van der Waals surface area (Å²) in [7, 11) is -4.03. The van der Waals surface area contributed by atoms with Crippen molar-refractivity contribution in [1.29, 1.82) is 0 Å². The van der Waals surface area contributed by atoms with Gasteiger partial charge in [0.15, 0.2) is 0 Å². The molecule has 0 fully saturated rings. The van der Waals surface area contributed by atoms with Crippen LogP contribution < -0.4 is 4.74 Å². The van der Waals surface area contributed by atoms with Crippen molar-refractivity contribution in [2.75, 3.05) is 13.1 Å². The van der Waals surface area contributed by atoms with Gasteiger partial charge in [0.25, 0.3) is 0 Å². The van der Waals surface area contributed by atoms with Crippen molar-refractivity contribution in [3.63, 3.8) is 0 Å². The molecule has 136 valence electrons. The van der Waals surface area contributed by atoms with Crippen LogP contribution in [0.5, 0.6) is 5.75 Å². The van der Waals surface area contributed by atoms with Gasteiger partial charge in [0.05, 0.1) is 4.90 Å². The van der Waals surface area contributed by atoms with Crippen LogP contribution in [0.2, 0.25) is 0 Å². The second-order valence-corrected chi connectivity index (χ2v) is 7.64. The zero-order valence-electron chi connectivity index (χ0n) is 14.2. The van der Waals surface area contributed by atoms with Crippen molar-refractivity contribution in [3.05, 3.63) is 60.2 Å². The SMILES string of the molecule is CCCN(CC(F)(F)Oc1ccccc1)S(=O)(=O)c1ccc(C)cc1. The van der Waals surface area contributed by atoms with Gasteiger partial charge in [0.1, 0.15) is 12.3 Å². The molecule has 0 amide bonds. The predicted octanol–water partition coefficient (Wildman–Crippen LogP) is 4.07. The minimum Gasteiger partial charge on any atom is -0.432 e. The number of sulfonamides is 1. The maximum absolute atomic E-state index is 14.3. The number of ether oxygens (including phenoxy) is 1. The highest BCUT2D eigenvalue weighted by Gasteiger charge is 2.39. The number of alkyl halides is 2. The third-order valence-electron chi connectivity index (χ3n) is 3.50. The van der Waals surface area contributed by atoms with E-state index in [1.165, 1.54) is 24.3 Å². The fourth-order valence-corrected chi connectivity index (χ4v) is 3.81. The van der Waals surface area contributed by atoms with Gasteiger partial charge >= 0.3 is 6.11 Å². The Hall–Kier alpha value is -1.99. The summed E-state index contributed by atoms with van der Waals surface area (Å²) in [6.45, 7) is 2.48. The van der Waals surface area contributed by atoms with Crippen molar-refractivity contribution in [1.82, 2.24) is 4.31 Å². The van der Waals surface area contributed by atoms with E-state index < -0.39 is 22.7 Å². The number of nitrogens with zero attached hydrogens (tertiary/aromatic N) is 1. The van der Waals surface area contributed by atoms with E-state index in [0.717, 1.165) is 9.87 Å². The fraction of sp³-hybridized carbons (Fsp3) is 0.333. The summed E-state index contributed by atoms with van der Waals surface area (Å²) >= 11 is 0. The topological polar surface area (TPSA) is 46.6 Å². The Morgan fingerprint density at radius 1 is 1.04 bits per heavy atom. The molecule has 25 heavy (non-hydrogen) atoms. The molecule has 0 radical (unpaired) electrons. The molecule has 2 aromatic rings. The van der Waals surface area contributed by atoms with E-state index in [-0.39, 0.29) is 17.2 Å². The van der Waals surface area contributed by atoms with Crippen molar-refractivity contribution in [2.45, 2.75) is 31.3 Å². The van der Waals surface area contributed by atoms with Crippen molar-refractivity contribution < 1.29 is 21.9 Å². The van der Waals surface area contributed by atoms with Crippen LogP contribution in [0, 0.1) is 6.92 Å². The Labute approximate surface area is 147 Å². The fourth-order valence-electron chi connectivity index (χ4n) is 2.29. The zero-order valence-corrected chi connectivity index (χ0v) is 15.0. The molecule has 0 saturated heterocycles. The van der Waals surface area contributed by atoms with Crippen LogP contribution in [-0.4, -0.2) is 31.9 Å². The second kappa shape index (κ2) is 7.93. The van der Waals surface area contributed by atoms with Gasteiger partial charge in [0, 0.05) is 6.54 Å². The molecule has 0 N–H and O–H groups in total. The molecule has 0 aromatic heterocycles. The lowest BCUT2D eigenvalue weighted by Crippen LogP contribution is -2.44. The summed E-state index contributed by atoms with van der Waals surface area (Å²) in [4.78, 5) is -0.0120. The van der Waals surface area contributed by atoms with Gasteiger partial charge in [-0.15, -0.1) is 0 Å². The number of aryl methyl sites for hydroxylation is 1. The number of hydrogen-bond donors (Lipinski definition) is 0. The molecule has 4 nitrogen and oxygen atoms in total. The van der Waals surface area contributed by atoms with Gasteiger partial charge in [-0.1, -0.05) is 42.8 Å². The van der Waals surface area contributed by atoms with Crippen molar-refractivity contribution >= 4 is 10.0 Å². The van der Waals surface area contributed by atoms with E-state index in [1.807, 2.05) is 6.92 Å². The minimum atomic E-state index is -4.03. The van der Waals surface area contributed by atoms with Gasteiger partial charge in [-0.25, -0.2) is 8.42 Å². The molecule has 0 atom stereocenters. The lowest BCUT2D eigenvalue weighted by Gasteiger charge is -2.26. The Bertz CT molecular complexity index is 778. The van der Waals surface area contributed by atoms with Gasteiger partial charge < -0.3 is 4.74 Å². The van der Waals surface area contributed by atoms with E-state index in [1.54, 1.807) is 37.3 Å². The summed E-state index contributed by atoms with van der Waals surface area (Å²) in [5.41, 5.74) is 0.888. The Balaban J connectivity index is 2.23. The molecular weight excluding hydrogens is 348 g/mol. The predicted molar refractivity (Wildman–Crippen MR) is 92.2 cm³/mol. The molecule has 2 rings (SSSR count). The quantitative estimate of drug-likeness (QED) is 0.705. The molecule has 0 bridgehead atoms. The number of para-hydroxylation sites is 1. The largest absolute Gasteiger partial charge is 0.432 e. The van der Waals surface area contributed by atoms with Crippen molar-refractivity contribution in [2.24, 2.45) is 0 Å². The van der Waals surface area contributed by atoms with Crippen LogP contribution in [0.3, 0.4) is 0 Å². The first-order valence-electron chi connectivity index (χ1n) is 7.93. The van der Waals surface area contributed by atoms with E-state index in [4.69, 9.17) is 0 Å². The molecule has 0 aliphatic rings. The lowest BCUT2D eigenvalue weighted by atomic mass is 10.2. The summed E-state index contributed by atoms with van der Waals surface area (Å²) in [6.07, 6.45) is -3.24. The smallest absolute Gasteiger partial charge is 0.412 e. The monoisotopic (exact) mass is 369 g/mol. The average Bonchev–Trinajstić information content (AvgIpc) is 2.55. The van der Waals surface area contributed by atoms with Crippen LogP contribution in [0.25, 0.3) is 0 Å². The number of rotatable bonds is 8. The minimum absolute atomic E-state index is 0.0120. The summed E-state index contributed by atoms with van der Waals surface area (Å²) in [5.74, 6) is -0.0170. The first-order chi connectivity index (χ1) is 11.7. The van der Waals surface area contributed by atoms with Gasteiger partial charge in [0.2, 0.25) is 10.0 Å². The Kier molecular flexibility index (Phi) is 6.13. The van der Waals surface area contributed by atoms with Crippen LogP contribution >= 0.6 is 0 Å². The molecule has 0 heterocycles. The summed E-state index contributed by atoms with van der Waals surface area (Å²) in [5, 5.41) is 0. The van der Waals surface area contributed by atoms with Crippen LogP contribution in [0.15, 0.2) is 59.5 Å². The highest BCUT2D eigenvalue weighted by Crippen LogP contribution is 2.25. The van der Waals surface area contributed by atoms with E-state index >= 15 is 0 Å². The second-order valence-electron chi connectivity index (χ2n) is 5.70. The highest BCUT2D eigenvalue weighted by atomic mass is 32.2. The van der Waals surface area contributed by atoms with E-state index in [0.29, 0.717) is 6.42 Å². The van der Waals surface area contributed by atoms with Gasteiger partial charge in [-0.2, -0.15) is 13.1 Å². The first kappa shape index (κ1) is 19.3. The van der Waals surface area contributed by atoms with E-state index in [9.17, 15) is 17.2 Å². The number of benzene rings is 2. The van der Waals surface area contributed by atoms with E-state index in [2.05, 4.69) is 4.74 Å². The third-order valence-corrected chi connectivity index (χ3v) is 5.36. The molecule has 2 aromatic carbocycles. The normalized spacial score (nSPS) is 12.4. The lowest BCUT2D eigenvalue weighted by molar-refractivity contribution is -0.181. The molecule has 0 saturated carbocycles. The maximum Gasteiger partial charge on any atom is 0.412 e. The van der Waals surface area contributed by atoms with Crippen LogP contribution in [0.4, 0.5) is 8.78 Å². The first-order valence-corrected chi connectivity index (χ1v) is 9.37. The number of hydrogen-bond acceptors (Lipinski definition) is 3. The maximum atomic E-state index is 14.3. The molecule has 0 unspecified atom stereocenters. The molecular formula is C18H21F2NO3S. The summed E-state index contributed by atoms with van der Waals surface area (Å²) < 4.78 is 59.4. The van der Waals surface area contributed by atoms with Crippen molar-refractivity contribution in [3.8, 4) is 5.75 Å². The molecule has 0 aliphatic heterocycles. The molecule has 0 aliphatic carbocycles. The molecule has 0 spiro atoms. The highest BCUT2D eigenvalue weighted by molar-refractivity contribution is 7.89. The van der Waals surface area contributed by atoms with Gasteiger partial charge in [-0.3, -0.25) is 0 Å². The third kappa shape index (κ3) is 5.24. The Morgan fingerprint density at radius 3 is 2.20 bits per heavy atom. The average molecular weight is 369 g/mol. The Morgan fingerprint density at radius 2 is 1.64 bits per heavy atom. The van der Waals surface area contributed by atoms with Crippen LogP contribution in [0.1, 0.15) is 18.9 Å². The zero-order chi connectivity index (χ0) is 18.5. The van der Waals surface area contributed by atoms with Gasteiger partial charge in [-0.05, 0) is 37.6 Å². The standard InChI is InChI=1S/C18H21F2NO3S/c1-3-13-21(25(22,23)17-11-9-15(2)10-12-17)14-18(19,20)24-16-7-5-4-6-8-16/h4-12H,3,13-14H2,1-2H3. The molecule has 7 heteroatoms. The van der Waals surface area contributed by atoms with Crippen LogP contribution in [-0.2, 0) is 10.0 Å².